The molecule has 0 radical (unpaired) electrons. The van der Waals surface area contributed by atoms with Gasteiger partial charge in [0.25, 0.3) is 0 Å². The standard InChI is InChI=1S/C34H58O8Si4/c1-33(2,37)31(35)27-15-19-29(20-16-27)38-23-13-25-44(7,8)42-45(9,10)26-14-24-39-30-21-17-28(18-22-30)32(36)34(3,4)40-46(11,12)41-43(5)6/h15-22,37,43H,13-14,23-26H2,1-12H3. The van der Waals surface area contributed by atoms with Gasteiger partial charge in [0.1, 0.15) is 22.7 Å². The zero-order chi connectivity index (χ0) is 35.0. The molecule has 0 aliphatic carbocycles. The Labute approximate surface area is 282 Å². The summed E-state index contributed by atoms with van der Waals surface area (Å²) in [7, 11) is -7.43. The van der Waals surface area contributed by atoms with Crippen molar-refractivity contribution >= 4 is 45.8 Å². The Kier molecular flexibility index (Phi) is 14.4. The monoisotopic (exact) mass is 706 g/mol. The van der Waals surface area contributed by atoms with E-state index in [1.165, 1.54) is 13.8 Å². The van der Waals surface area contributed by atoms with Crippen LogP contribution in [0.3, 0.4) is 0 Å². The lowest BCUT2D eigenvalue weighted by Gasteiger charge is -2.34. The minimum Gasteiger partial charge on any atom is -0.494 e. The molecule has 2 aromatic rings. The van der Waals surface area contributed by atoms with Gasteiger partial charge in [-0.2, -0.15) is 0 Å². The molecule has 0 saturated carbocycles. The van der Waals surface area contributed by atoms with Crippen LogP contribution in [0.2, 0.25) is 64.5 Å². The first-order valence-corrected chi connectivity index (χ1v) is 28.2. The molecular weight excluding hydrogens is 649 g/mol. The Bertz CT molecular complexity index is 1270. The van der Waals surface area contributed by atoms with Crippen LogP contribution in [0.5, 0.6) is 11.5 Å². The highest BCUT2D eigenvalue weighted by Gasteiger charge is 2.39. The second-order valence-corrected chi connectivity index (χ2v) is 29.9. The van der Waals surface area contributed by atoms with Crippen LogP contribution in [0.4, 0.5) is 0 Å². The lowest BCUT2D eigenvalue weighted by molar-refractivity contribution is 0.0479. The van der Waals surface area contributed by atoms with Gasteiger partial charge in [0.15, 0.2) is 37.2 Å². The molecule has 0 unspecified atom stereocenters. The molecule has 0 spiro atoms. The predicted octanol–water partition coefficient (Wildman–Crippen LogP) is 7.98. The Morgan fingerprint density at radius 3 is 1.46 bits per heavy atom. The summed E-state index contributed by atoms with van der Waals surface area (Å²) in [4.78, 5) is 25.4. The van der Waals surface area contributed by atoms with Gasteiger partial charge in [-0.1, -0.05) is 0 Å². The summed E-state index contributed by atoms with van der Waals surface area (Å²) in [6, 6.07) is 16.2. The van der Waals surface area contributed by atoms with Gasteiger partial charge in [0.2, 0.25) is 0 Å². The van der Waals surface area contributed by atoms with Crippen molar-refractivity contribution in [2.75, 3.05) is 13.2 Å². The molecule has 0 aromatic heterocycles. The molecule has 0 aliphatic rings. The number of ether oxygens (including phenoxy) is 2. The van der Waals surface area contributed by atoms with Crippen molar-refractivity contribution in [1.29, 1.82) is 0 Å². The normalized spacial score (nSPS) is 13.2. The molecule has 8 nitrogen and oxygen atoms in total. The molecule has 0 heterocycles. The van der Waals surface area contributed by atoms with E-state index < -0.39 is 45.4 Å². The molecule has 0 atom stereocenters. The van der Waals surface area contributed by atoms with Gasteiger partial charge in [-0.15, -0.1) is 0 Å². The fraction of sp³-hybridized carbons (Fsp3) is 0.588. The molecule has 0 fully saturated rings. The maximum absolute atomic E-state index is 13.2. The van der Waals surface area contributed by atoms with Crippen molar-refractivity contribution in [3.63, 3.8) is 0 Å². The van der Waals surface area contributed by atoms with Crippen molar-refractivity contribution in [2.45, 2.75) is 116 Å². The molecule has 12 heteroatoms. The maximum Gasteiger partial charge on any atom is 0.322 e. The van der Waals surface area contributed by atoms with Crippen LogP contribution in [-0.2, 0) is 12.7 Å². The first-order chi connectivity index (χ1) is 21.0. The molecule has 0 amide bonds. The summed E-state index contributed by atoms with van der Waals surface area (Å²) in [6.07, 6.45) is 1.80. The third kappa shape index (κ3) is 14.1. The topological polar surface area (TPSA) is 101 Å². The smallest absolute Gasteiger partial charge is 0.322 e. The van der Waals surface area contributed by atoms with E-state index in [4.69, 9.17) is 22.1 Å². The SMILES string of the molecule is C[SiH](C)O[Si](C)(C)OC(C)(C)C(=O)c1ccc(OCCC[Si](C)(C)O[Si](C)(C)CCCOc2ccc(C(=O)C(C)(C)O)cc2)cc1. The van der Waals surface area contributed by atoms with Crippen molar-refractivity contribution in [2.24, 2.45) is 0 Å². The van der Waals surface area contributed by atoms with Crippen molar-refractivity contribution in [1.82, 2.24) is 0 Å². The highest BCUT2D eigenvalue weighted by molar-refractivity contribution is 6.84. The van der Waals surface area contributed by atoms with Gasteiger partial charge >= 0.3 is 8.56 Å². The van der Waals surface area contributed by atoms with E-state index >= 15 is 0 Å². The average Bonchev–Trinajstić information content (AvgIpc) is 2.91. The fourth-order valence-electron chi connectivity index (χ4n) is 5.58. The minimum absolute atomic E-state index is 0.0633. The van der Waals surface area contributed by atoms with E-state index in [1.54, 1.807) is 24.3 Å². The summed E-state index contributed by atoms with van der Waals surface area (Å²) in [5.74, 6) is 1.08. The van der Waals surface area contributed by atoms with E-state index in [0.717, 1.165) is 30.7 Å². The Morgan fingerprint density at radius 1 is 0.696 bits per heavy atom. The van der Waals surface area contributed by atoms with Gasteiger partial charge in [0, 0.05) is 11.1 Å². The van der Waals surface area contributed by atoms with Crippen LogP contribution < -0.4 is 9.47 Å². The number of ketones is 2. The van der Waals surface area contributed by atoms with Crippen LogP contribution in [0.1, 0.15) is 61.3 Å². The second-order valence-electron chi connectivity index (χ2n) is 15.0. The first-order valence-electron chi connectivity index (χ1n) is 16.4. The lowest BCUT2D eigenvalue weighted by atomic mass is 9.97. The van der Waals surface area contributed by atoms with Crippen LogP contribution in [0.15, 0.2) is 48.5 Å². The number of aliphatic hydroxyl groups is 1. The quantitative estimate of drug-likeness (QED) is 0.0841. The van der Waals surface area contributed by atoms with Crippen LogP contribution in [-0.4, -0.2) is 75.3 Å². The molecule has 46 heavy (non-hydrogen) atoms. The van der Waals surface area contributed by atoms with E-state index in [0.29, 0.717) is 30.1 Å². The minimum atomic E-state index is -2.40. The molecule has 0 saturated heterocycles. The zero-order valence-electron chi connectivity index (χ0n) is 30.2. The number of carbonyl (C=O) groups excluding carboxylic acids is 2. The number of benzene rings is 2. The van der Waals surface area contributed by atoms with Gasteiger partial charge in [-0.25, -0.2) is 0 Å². The number of hydrogen-bond acceptors (Lipinski definition) is 8. The van der Waals surface area contributed by atoms with Crippen LogP contribution in [0, 0.1) is 0 Å². The number of rotatable bonds is 20. The molecule has 2 aromatic carbocycles. The molecule has 1 N–H and O–H groups in total. The van der Waals surface area contributed by atoms with Crippen LogP contribution >= 0.6 is 0 Å². The molecule has 0 bridgehead atoms. The maximum atomic E-state index is 13.2. The summed E-state index contributed by atoms with van der Waals surface area (Å²) >= 11 is 0. The van der Waals surface area contributed by atoms with Gasteiger partial charge in [-0.05, 0) is 154 Å². The van der Waals surface area contributed by atoms with Gasteiger partial charge in [0.05, 0.1) is 13.2 Å². The molecule has 0 aliphatic heterocycles. The molecular formula is C34H58O8Si4. The highest BCUT2D eigenvalue weighted by atomic mass is 28.4. The Balaban J connectivity index is 1.75. The van der Waals surface area contributed by atoms with E-state index in [1.807, 2.05) is 51.2 Å². The lowest BCUT2D eigenvalue weighted by Crippen LogP contribution is -2.49. The number of carbonyl (C=O) groups is 2. The summed E-state index contributed by atoms with van der Waals surface area (Å²) in [5.41, 5.74) is -1.29. The number of Topliss-reactive ketones (excluding diaryl/α,β-unsaturated/α-hetero) is 2. The Morgan fingerprint density at radius 2 is 1.09 bits per heavy atom. The first kappa shape index (κ1) is 40.3. The van der Waals surface area contributed by atoms with Gasteiger partial charge in [-0.3, -0.25) is 9.59 Å². The highest BCUT2D eigenvalue weighted by Crippen LogP contribution is 2.27. The second kappa shape index (κ2) is 16.5. The van der Waals surface area contributed by atoms with E-state index in [9.17, 15) is 14.7 Å². The average molecular weight is 707 g/mol. The summed E-state index contributed by atoms with van der Waals surface area (Å²) in [6.45, 7) is 25.1. The van der Waals surface area contributed by atoms with Crippen molar-refractivity contribution in [3.05, 3.63) is 59.7 Å². The summed E-state index contributed by atoms with van der Waals surface area (Å²) in [5, 5.41) is 9.93. The molecule has 258 valence electrons. The van der Waals surface area contributed by atoms with E-state index in [-0.39, 0.29) is 11.6 Å². The summed E-state index contributed by atoms with van der Waals surface area (Å²) < 4.78 is 31.0. The van der Waals surface area contributed by atoms with Crippen LogP contribution in [0.25, 0.3) is 0 Å². The fourth-order valence-corrected chi connectivity index (χ4v) is 20.4. The molecule has 2 rings (SSSR count). The zero-order valence-corrected chi connectivity index (χ0v) is 34.4. The Hall–Kier alpha value is -1.91. The third-order valence-corrected chi connectivity index (χ3v) is 20.0. The van der Waals surface area contributed by atoms with Crippen molar-refractivity contribution < 1.29 is 36.8 Å². The van der Waals surface area contributed by atoms with E-state index in [2.05, 4.69) is 39.3 Å². The number of hydrogen-bond donors (Lipinski definition) is 1. The third-order valence-electron chi connectivity index (χ3n) is 7.29. The predicted molar refractivity (Wildman–Crippen MR) is 196 cm³/mol. The largest absolute Gasteiger partial charge is 0.494 e. The van der Waals surface area contributed by atoms with Gasteiger partial charge < -0.3 is 27.2 Å². The van der Waals surface area contributed by atoms with Crippen molar-refractivity contribution in [3.8, 4) is 11.5 Å².